The molecule has 3 nitrogen and oxygen atoms in total. The van der Waals surface area contributed by atoms with Gasteiger partial charge in [0.2, 0.25) is 0 Å². The van der Waals surface area contributed by atoms with Crippen LogP contribution >= 0.6 is 11.6 Å². The highest BCUT2D eigenvalue weighted by Crippen LogP contribution is 2.19. The van der Waals surface area contributed by atoms with Crippen molar-refractivity contribution in [2.75, 3.05) is 25.0 Å². The number of hydrogen-bond acceptors (Lipinski definition) is 3. The van der Waals surface area contributed by atoms with E-state index in [4.69, 9.17) is 11.6 Å². The molecule has 4 heteroatoms. The largest absolute Gasteiger partial charge is 0.383 e. The van der Waals surface area contributed by atoms with Crippen molar-refractivity contribution < 1.29 is 0 Å². The van der Waals surface area contributed by atoms with Crippen LogP contribution in [0.15, 0.2) is 42.5 Å². The minimum Gasteiger partial charge on any atom is -0.383 e. The van der Waals surface area contributed by atoms with Crippen molar-refractivity contribution in [1.82, 2.24) is 9.88 Å². The highest BCUT2D eigenvalue weighted by Gasteiger charge is 2.05. The highest BCUT2D eigenvalue weighted by atomic mass is 35.5. The van der Waals surface area contributed by atoms with Gasteiger partial charge in [0.15, 0.2) is 0 Å². The monoisotopic (exact) mass is 303 g/mol. The van der Waals surface area contributed by atoms with Gasteiger partial charge in [0, 0.05) is 25.3 Å². The van der Waals surface area contributed by atoms with Crippen LogP contribution in [0, 0.1) is 6.92 Å². The van der Waals surface area contributed by atoms with E-state index in [2.05, 4.69) is 34.3 Å². The zero-order valence-corrected chi connectivity index (χ0v) is 13.4. The number of nitrogens with zero attached hydrogens (tertiary/aromatic N) is 2. The summed E-state index contributed by atoms with van der Waals surface area (Å²) < 4.78 is 0. The van der Waals surface area contributed by atoms with E-state index >= 15 is 0 Å². The molecule has 2 rings (SSSR count). The molecule has 0 saturated heterocycles. The van der Waals surface area contributed by atoms with Gasteiger partial charge >= 0.3 is 0 Å². The third-order valence-electron chi connectivity index (χ3n) is 3.40. The van der Waals surface area contributed by atoms with E-state index in [1.54, 1.807) is 0 Å². The maximum Gasteiger partial charge on any atom is 0.0637 e. The molecule has 0 radical (unpaired) electrons. The van der Waals surface area contributed by atoms with Crippen LogP contribution in [0.5, 0.6) is 0 Å². The van der Waals surface area contributed by atoms with E-state index in [9.17, 15) is 0 Å². The van der Waals surface area contributed by atoms with Gasteiger partial charge in [-0.3, -0.25) is 9.88 Å². The molecule has 1 heterocycles. The maximum absolute atomic E-state index is 6.13. The summed E-state index contributed by atoms with van der Waals surface area (Å²) in [6, 6.07) is 14.0. The minimum atomic E-state index is 0.765. The second-order valence-electron chi connectivity index (χ2n) is 5.05. The molecule has 0 fully saturated rings. The molecule has 0 saturated carbocycles. The Kier molecular flexibility index (Phi) is 6.03. The van der Waals surface area contributed by atoms with E-state index in [0.717, 1.165) is 48.3 Å². The van der Waals surface area contributed by atoms with Gasteiger partial charge in [0.1, 0.15) is 0 Å². The van der Waals surface area contributed by atoms with Crippen molar-refractivity contribution in [2.24, 2.45) is 0 Å². The molecule has 0 unspecified atom stereocenters. The second-order valence-corrected chi connectivity index (χ2v) is 5.45. The normalized spacial score (nSPS) is 10.9. The second kappa shape index (κ2) is 8.01. The van der Waals surface area contributed by atoms with Crippen LogP contribution in [-0.2, 0) is 6.54 Å². The lowest BCUT2D eigenvalue weighted by Crippen LogP contribution is -2.29. The van der Waals surface area contributed by atoms with Crippen LogP contribution in [-0.4, -0.2) is 29.5 Å². The number of benzene rings is 1. The Bertz CT molecular complexity index is 571. The molecule has 0 aliphatic carbocycles. The van der Waals surface area contributed by atoms with Gasteiger partial charge in [-0.2, -0.15) is 0 Å². The van der Waals surface area contributed by atoms with Gasteiger partial charge in [-0.25, -0.2) is 0 Å². The molecule has 21 heavy (non-hydrogen) atoms. The van der Waals surface area contributed by atoms with E-state index in [-0.39, 0.29) is 0 Å². The number of para-hydroxylation sites is 1. The van der Waals surface area contributed by atoms with Crippen LogP contribution < -0.4 is 5.32 Å². The number of aryl methyl sites for hydroxylation is 1. The first-order valence-corrected chi connectivity index (χ1v) is 7.70. The first kappa shape index (κ1) is 15.8. The zero-order valence-electron chi connectivity index (χ0n) is 12.6. The van der Waals surface area contributed by atoms with Crippen LogP contribution in [0.25, 0.3) is 0 Å². The average Bonchev–Trinajstić information content (AvgIpc) is 2.48. The van der Waals surface area contributed by atoms with Crippen LogP contribution in [0.1, 0.15) is 18.3 Å². The Morgan fingerprint density at radius 2 is 1.95 bits per heavy atom. The van der Waals surface area contributed by atoms with E-state index in [1.807, 2.05) is 37.3 Å². The molecule has 0 aliphatic heterocycles. The lowest BCUT2D eigenvalue weighted by atomic mass is 10.3. The first-order valence-electron chi connectivity index (χ1n) is 7.32. The number of pyridine rings is 1. The molecule has 0 atom stereocenters. The Morgan fingerprint density at radius 3 is 2.67 bits per heavy atom. The number of likely N-dealkylation sites (N-methyl/N-ethyl adjacent to an activating group) is 1. The van der Waals surface area contributed by atoms with Crippen LogP contribution in [0.2, 0.25) is 5.02 Å². The summed E-state index contributed by atoms with van der Waals surface area (Å²) in [4.78, 5) is 6.92. The van der Waals surface area contributed by atoms with E-state index in [0.29, 0.717) is 0 Å². The Balaban J connectivity index is 1.84. The summed E-state index contributed by atoms with van der Waals surface area (Å²) >= 11 is 6.13. The Morgan fingerprint density at radius 1 is 1.14 bits per heavy atom. The summed E-state index contributed by atoms with van der Waals surface area (Å²) in [5.41, 5.74) is 3.18. The molecular weight excluding hydrogens is 282 g/mol. The number of hydrogen-bond donors (Lipinski definition) is 1. The average molecular weight is 304 g/mol. The lowest BCUT2D eigenvalue weighted by molar-refractivity contribution is 0.287. The minimum absolute atomic E-state index is 0.765. The van der Waals surface area contributed by atoms with E-state index < -0.39 is 0 Å². The predicted octanol–water partition coefficient (Wildman–Crippen LogP) is 3.98. The molecule has 1 aromatic carbocycles. The van der Waals surface area contributed by atoms with Gasteiger partial charge in [0.05, 0.1) is 16.4 Å². The summed E-state index contributed by atoms with van der Waals surface area (Å²) in [5.74, 6) is 0. The van der Waals surface area contributed by atoms with Crippen molar-refractivity contribution >= 4 is 17.3 Å². The van der Waals surface area contributed by atoms with Gasteiger partial charge < -0.3 is 5.32 Å². The summed E-state index contributed by atoms with van der Waals surface area (Å²) in [7, 11) is 0. The SMILES string of the molecule is CCN(CCNc1ccccc1Cl)Cc1cccc(C)n1. The first-order chi connectivity index (χ1) is 10.2. The van der Waals surface area contributed by atoms with Crippen molar-refractivity contribution in [1.29, 1.82) is 0 Å². The van der Waals surface area contributed by atoms with Gasteiger partial charge in [-0.05, 0) is 37.7 Å². The van der Waals surface area contributed by atoms with Gasteiger partial charge in [0.25, 0.3) is 0 Å². The lowest BCUT2D eigenvalue weighted by Gasteiger charge is -2.20. The zero-order chi connectivity index (χ0) is 15.1. The van der Waals surface area contributed by atoms with Crippen molar-refractivity contribution in [3.8, 4) is 0 Å². The van der Waals surface area contributed by atoms with E-state index in [1.165, 1.54) is 0 Å². The van der Waals surface area contributed by atoms with Crippen LogP contribution in [0.3, 0.4) is 0 Å². The summed E-state index contributed by atoms with van der Waals surface area (Å²) in [5, 5.41) is 4.15. The summed E-state index contributed by atoms with van der Waals surface area (Å²) in [6.07, 6.45) is 0. The van der Waals surface area contributed by atoms with Crippen molar-refractivity contribution in [3.05, 3.63) is 58.9 Å². The Labute approximate surface area is 132 Å². The molecule has 112 valence electrons. The fourth-order valence-electron chi connectivity index (χ4n) is 2.22. The maximum atomic E-state index is 6.13. The van der Waals surface area contributed by atoms with Crippen molar-refractivity contribution in [2.45, 2.75) is 20.4 Å². The number of halogens is 1. The topological polar surface area (TPSA) is 28.2 Å². The Hall–Kier alpha value is -1.58. The molecule has 0 aliphatic rings. The standard InChI is InChI=1S/C17H22ClN3/c1-3-21(13-15-8-6-7-14(2)20-15)12-11-19-17-10-5-4-9-16(17)18/h4-10,19H,3,11-13H2,1-2H3. The number of aromatic nitrogens is 1. The summed E-state index contributed by atoms with van der Waals surface area (Å²) in [6.45, 7) is 7.90. The van der Waals surface area contributed by atoms with Crippen LogP contribution in [0.4, 0.5) is 5.69 Å². The predicted molar refractivity (Wildman–Crippen MR) is 89.9 cm³/mol. The fourth-order valence-corrected chi connectivity index (χ4v) is 2.42. The van der Waals surface area contributed by atoms with Gasteiger partial charge in [-0.15, -0.1) is 0 Å². The van der Waals surface area contributed by atoms with Crippen molar-refractivity contribution in [3.63, 3.8) is 0 Å². The molecule has 2 aromatic rings. The molecule has 0 amide bonds. The molecular formula is C17H22ClN3. The third kappa shape index (κ3) is 5.03. The van der Waals surface area contributed by atoms with Gasteiger partial charge in [-0.1, -0.05) is 36.7 Å². The molecule has 1 aromatic heterocycles. The number of nitrogens with one attached hydrogen (secondary N) is 1. The quantitative estimate of drug-likeness (QED) is 0.838. The molecule has 0 bridgehead atoms. The highest BCUT2D eigenvalue weighted by molar-refractivity contribution is 6.33. The molecule has 1 N–H and O–H groups in total. The molecule has 0 spiro atoms. The fraction of sp³-hybridized carbons (Fsp3) is 0.353. The number of anilines is 1. The smallest absolute Gasteiger partial charge is 0.0637 e. The number of rotatable bonds is 7. The third-order valence-corrected chi connectivity index (χ3v) is 3.73.